The summed E-state index contributed by atoms with van der Waals surface area (Å²) < 4.78 is 12.8. The minimum absolute atomic E-state index is 0.142. The van der Waals surface area contributed by atoms with Crippen LogP contribution >= 0.6 is 11.8 Å². The third-order valence-corrected chi connectivity index (χ3v) is 4.40. The molecule has 26 heavy (non-hydrogen) atoms. The van der Waals surface area contributed by atoms with E-state index in [1.165, 1.54) is 36.0 Å². The first-order valence-corrected chi connectivity index (χ1v) is 8.89. The second kappa shape index (κ2) is 8.01. The van der Waals surface area contributed by atoms with E-state index >= 15 is 0 Å². The normalized spacial score (nSPS) is 10.7. The number of anilines is 1. The summed E-state index contributed by atoms with van der Waals surface area (Å²) in [5.74, 6) is -0.896. The fourth-order valence-electron chi connectivity index (χ4n) is 2.27. The highest BCUT2D eigenvalue weighted by molar-refractivity contribution is 7.99. The quantitative estimate of drug-likeness (QED) is 0.581. The molecule has 0 saturated carbocycles. The van der Waals surface area contributed by atoms with Gasteiger partial charge < -0.3 is 15.6 Å². The molecule has 6 nitrogen and oxygen atoms in total. The zero-order valence-electron chi connectivity index (χ0n) is 14.0. The van der Waals surface area contributed by atoms with Gasteiger partial charge in [-0.1, -0.05) is 17.8 Å². The van der Waals surface area contributed by atoms with Crippen molar-refractivity contribution in [2.75, 3.05) is 17.6 Å². The number of carbonyl (C=O) groups excluding carboxylic acids is 2. The molecule has 0 radical (unpaired) electrons. The fourth-order valence-corrected chi connectivity index (χ4v) is 2.99. The maximum atomic E-state index is 12.8. The third kappa shape index (κ3) is 4.82. The number of fused-ring (bicyclic) bond motifs is 1. The fraction of sp³-hybridized carbons (Fsp3) is 0.167. The average molecular weight is 372 g/mol. The van der Waals surface area contributed by atoms with E-state index in [0.717, 1.165) is 16.6 Å². The van der Waals surface area contributed by atoms with Crippen LogP contribution in [0, 0.1) is 12.7 Å². The van der Waals surface area contributed by atoms with Crippen LogP contribution in [0.25, 0.3) is 11.0 Å². The summed E-state index contributed by atoms with van der Waals surface area (Å²) in [7, 11) is 0. The van der Waals surface area contributed by atoms with Crippen LogP contribution in [-0.4, -0.2) is 34.1 Å². The van der Waals surface area contributed by atoms with Gasteiger partial charge in [-0.15, -0.1) is 0 Å². The molecule has 0 spiro atoms. The molecular formula is C18H17FN4O2S. The van der Waals surface area contributed by atoms with Crippen molar-refractivity contribution in [3.8, 4) is 0 Å². The van der Waals surface area contributed by atoms with Crippen LogP contribution in [0.2, 0.25) is 0 Å². The third-order valence-electron chi connectivity index (χ3n) is 3.53. The Hall–Kier alpha value is -2.87. The lowest BCUT2D eigenvalue weighted by Gasteiger charge is -2.06. The first-order valence-electron chi connectivity index (χ1n) is 7.91. The van der Waals surface area contributed by atoms with Crippen LogP contribution in [0.1, 0.15) is 5.56 Å². The van der Waals surface area contributed by atoms with Gasteiger partial charge in [-0.2, -0.15) is 0 Å². The maximum Gasteiger partial charge on any atom is 0.243 e. The van der Waals surface area contributed by atoms with E-state index in [1.807, 2.05) is 25.1 Å². The van der Waals surface area contributed by atoms with E-state index in [1.54, 1.807) is 0 Å². The monoisotopic (exact) mass is 372 g/mol. The molecule has 1 aromatic heterocycles. The minimum atomic E-state index is -0.380. The summed E-state index contributed by atoms with van der Waals surface area (Å²) in [5.41, 5.74) is 3.36. The summed E-state index contributed by atoms with van der Waals surface area (Å²) in [6.45, 7) is 1.84. The van der Waals surface area contributed by atoms with Gasteiger partial charge in [0.1, 0.15) is 5.82 Å². The standard InChI is InChI=1S/C18H17FN4O2S/c1-11-2-7-14-15(8-11)23-18(22-14)26-10-17(25)20-9-16(24)21-13-5-3-12(19)4-6-13/h2-8H,9-10H2,1H3,(H,20,25)(H,21,24)(H,22,23). The molecule has 0 fully saturated rings. The summed E-state index contributed by atoms with van der Waals surface area (Å²) >= 11 is 1.27. The molecular weight excluding hydrogens is 355 g/mol. The van der Waals surface area contributed by atoms with E-state index in [0.29, 0.717) is 10.8 Å². The van der Waals surface area contributed by atoms with Crippen LogP contribution in [-0.2, 0) is 9.59 Å². The predicted molar refractivity (Wildman–Crippen MR) is 99.6 cm³/mol. The number of halogens is 1. The van der Waals surface area contributed by atoms with Gasteiger partial charge in [-0.05, 0) is 48.9 Å². The van der Waals surface area contributed by atoms with Crippen LogP contribution < -0.4 is 10.6 Å². The molecule has 1 heterocycles. The number of aromatic amines is 1. The Morgan fingerprint density at radius 3 is 2.69 bits per heavy atom. The number of nitrogens with zero attached hydrogens (tertiary/aromatic N) is 1. The van der Waals surface area contributed by atoms with Crippen molar-refractivity contribution >= 4 is 40.3 Å². The van der Waals surface area contributed by atoms with Crippen molar-refractivity contribution in [2.24, 2.45) is 0 Å². The molecule has 8 heteroatoms. The topological polar surface area (TPSA) is 86.9 Å². The minimum Gasteiger partial charge on any atom is -0.346 e. The predicted octanol–water partition coefficient (Wildman–Crippen LogP) is 2.86. The molecule has 134 valence electrons. The second-order valence-electron chi connectivity index (χ2n) is 5.68. The largest absolute Gasteiger partial charge is 0.346 e. The Balaban J connectivity index is 1.44. The lowest BCUT2D eigenvalue weighted by atomic mass is 10.2. The van der Waals surface area contributed by atoms with Gasteiger partial charge >= 0.3 is 0 Å². The van der Waals surface area contributed by atoms with Crippen LogP contribution in [0.5, 0.6) is 0 Å². The summed E-state index contributed by atoms with van der Waals surface area (Å²) in [4.78, 5) is 31.2. The van der Waals surface area contributed by atoms with Crippen LogP contribution in [0.4, 0.5) is 10.1 Å². The number of hydrogen-bond acceptors (Lipinski definition) is 4. The van der Waals surface area contributed by atoms with Gasteiger partial charge in [0.05, 0.1) is 23.3 Å². The van der Waals surface area contributed by atoms with Crippen molar-refractivity contribution in [3.05, 3.63) is 53.8 Å². The molecule has 0 aliphatic rings. The second-order valence-corrected chi connectivity index (χ2v) is 6.65. The van der Waals surface area contributed by atoms with Gasteiger partial charge in [0.2, 0.25) is 11.8 Å². The molecule has 0 atom stereocenters. The van der Waals surface area contributed by atoms with E-state index in [2.05, 4.69) is 20.6 Å². The van der Waals surface area contributed by atoms with E-state index < -0.39 is 0 Å². The number of nitrogens with one attached hydrogen (secondary N) is 3. The van der Waals surface area contributed by atoms with Gasteiger partial charge in [-0.3, -0.25) is 9.59 Å². The molecule has 0 aliphatic carbocycles. The van der Waals surface area contributed by atoms with Gasteiger partial charge in [0, 0.05) is 5.69 Å². The number of hydrogen-bond donors (Lipinski definition) is 3. The molecule has 3 rings (SSSR count). The smallest absolute Gasteiger partial charge is 0.243 e. The number of carbonyl (C=O) groups is 2. The number of aromatic nitrogens is 2. The summed E-state index contributed by atoms with van der Waals surface area (Å²) in [5, 5.41) is 5.76. The number of benzene rings is 2. The molecule has 3 aromatic rings. The molecule has 0 unspecified atom stereocenters. The van der Waals surface area contributed by atoms with Gasteiger partial charge in [0.15, 0.2) is 5.16 Å². The maximum absolute atomic E-state index is 12.8. The van der Waals surface area contributed by atoms with Crippen LogP contribution in [0.15, 0.2) is 47.6 Å². The van der Waals surface area contributed by atoms with Gasteiger partial charge in [-0.25, -0.2) is 9.37 Å². The number of aryl methyl sites for hydroxylation is 1. The van der Waals surface area contributed by atoms with Crippen molar-refractivity contribution in [3.63, 3.8) is 0 Å². The number of amides is 2. The van der Waals surface area contributed by atoms with Gasteiger partial charge in [0.25, 0.3) is 0 Å². The molecule has 0 aliphatic heterocycles. The summed E-state index contributed by atoms with van der Waals surface area (Å²) in [6.07, 6.45) is 0. The molecule has 3 N–H and O–H groups in total. The van der Waals surface area contributed by atoms with E-state index in [-0.39, 0.29) is 29.9 Å². The van der Waals surface area contributed by atoms with E-state index in [9.17, 15) is 14.0 Å². The number of rotatable bonds is 6. The lowest BCUT2D eigenvalue weighted by molar-refractivity contribution is -0.122. The zero-order valence-corrected chi connectivity index (χ0v) is 14.8. The number of thioether (sulfide) groups is 1. The Labute approximate surface area is 153 Å². The summed E-state index contributed by atoms with van der Waals surface area (Å²) in [6, 6.07) is 11.3. The van der Waals surface area contributed by atoms with Crippen molar-refractivity contribution in [1.82, 2.24) is 15.3 Å². The van der Waals surface area contributed by atoms with Crippen molar-refractivity contribution < 1.29 is 14.0 Å². The molecule has 2 amide bonds. The number of H-pyrrole nitrogens is 1. The molecule has 0 saturated heterocycles. The van der Waals surface area contributed by atoms with Crippen LogP contribution in [0.3, 0.4) is 0 Å². The van der Waals surface area contributed by atoms with Crippen molar-refractivity contribution in [1.29, 1.82) is 0 Å². The first-order chi connectivity index (χ1) is 12.5. The SMILES string of the molecule is Cc1ccc2nc(SCC(=O)NCC(=O)Nc3ccc(F)cc3)[nH]c2c1. The number of imidazole rings is 1. The highest BCUT2D eigenvalue weighted by Gasteiger charge is 2.09. The Kier molecular flexibility index (Phi) is 5.52. The highest BCUT2D eigenvalue weighted by atomic mass is 32.2. The first kappa shape index (κ1) is 17.9. The Bertz CT molecular complexity index is 940. The average Bonchev–Trinajstić information content (AvgIpc) is 3.02. The van der Waals surface area contributed by atoms with E-state index in [4.69, 9.17) is 0 Å². The molecule has 2 aromatic carbocycles. The highest BCUT2D eigenvalue weighted by Crippen LogP contribution is 2.20. The zero-order chi connectivity index (χ0) is 18.5. The Morgan fingerprint density at radius 2 is 1.92 bits per heavy atom. The van der Waals surface area contributed by atoms with Crippen molar-refractivity contribution in [2.45, 2.75) is 12.1 Å². The Morgan fingerprint density at radius 1 is 1.15 bits per heavy atom. The molecule has 0 bridgehead atoms. The lowest BCUT2D eigenvalue weighted by Crippen LogP contribution is -2.33.